The molecule has 170 valence electrons. The van der Waals surface area contributed by atoms with Gasteiger partial charge < -0.3 is 19.7 Å². The monoisotopic (exact) mass is 437 g/mol. The van der Waals surface area contributed by atoms with E-state index in [1.54, 1.807) is 7.11 Å². The number of carbonyl (C=O) groups excluding carboxylic acids is 2. The van der Waals surface area contributed by atoms with E-state index in [0.717, 1.165) is 16.9 Å². The van der Waals surface area contributed by atoms with Gasteiger partial charge in [-0.3, -0.25) is 14.5 Å². The lowest BCUT2D eigenvalue weighted by atomic mass is 10.0. The first-order chi connectivity index (χ1) is 15.4. The summed E-state index contributed by atoms with van der Waals surface area (Å²) in [6.45, 7) is 6.70. The van der Waals surface area contributed by atoms with Crippen molar-refractivity contribution < 1.29 is 19.1 Å². The summed E-state index contributed by atoms with van der Waals surface area (Å²) in [4.78, 5) is 29.4. The summed E-state index contributed by atoms with van der Waals surface area (Å²) < 4.78 is 11.5. The summed E-state index contributed by atoms with van der Waals surface area (Å²) in [6, 6.07) is 13.6. The zero-order valence-electron chi connectivity index (χ0n) is 19.0. The molecule has 2 aliphatic rings. The maximum Gasteiger partial charge on any atom is 0.238 e. The van der Waals surface area contributed by atoms with Crippen LogP contribution in [0.15, 0.2) is 42.5 Å². The number of nitrogens with one attached hydrogen (secondary N) is 1. The van der Waals surface area contributed by atoms with Gasteiger partial charge in [0.2, 0.25) is 11.8 Å². The number of amides is 2. The van der Waals surface area contributed by atoms with Crippen LogP contribution in [0.4, 0.5) is 5.69 Å². The molecule has 7 nitrogen and oxygen atoms in total. The van der Waals surface area contributed by atoms with Crippen molar-refractivity contribution in [3.05, 3.63) is 42.5 Å². The van der Waals surface area contributed by atoms with E-state index < -0.39 is 0 Å². The van der Waals surface area contributed by atoms with Gasteiger partial charge >= 0.3 is 0 Å². The number of anilines is 1. The number of fused-ring (bicyclic) bond motifs is 2. The van der Waals surface area contributed by atoms with Gasteiger partial charge in [-0.2, -0.15) is 0 Å². The molecule has 0 aromatic heterocycles. The first-order valence-corrected chi connectivity index (χ1v) is 11.2. The minimum Gasteiger partial charge on any atom is -0.497 e. The Balaban J connectivity index is 1.54. The van der Waals surface area contributed by atoms with Crippen LogP contribution >= 0.6 is 0 Å². The Morgan fingerprint density at radius 3 is 2.78 bits per heavy atom. The summed E-state index contributed by atoms with van der Waals surface area (Å²) in [5, 5.41) is 3.02. The number of hydrogen-bond acceptors (Lipinski definition) is 5. The second-order valence-corrected chi connectivity index (χ2v) is 8.86. The van der Waals surface area contributed by atoms with Crippen molar-refractivity contribution in [2.45, 2.75) is 26.3 Å². The van der Waals surface area contributed by atoms with Gasteiger partial charge in [-0.15, -0.1) is 0 Å². The zero-order chi connectivity index (χ0) is 22.7. The Morgan fingerprint density at radius 1 is 1.19 bits per heavy atom. The normalized spacial score (nSPS) is 19.1. The van der Waals surface area contributed by atoms with Crippen LogP contribution < -0.4 is 14.8 Å². The number of nitrogens with zero attached hydrogens (tertiary/aromatic N) is 2. The number of rotatable bonds is 4. The molecule has 1 saturated heterocycles. The third kappa shape index (κ3) is 5.05. The van der Waals surface area contributed by atoms with Gasteiger partial charge in [-0.1, -0.05) is 32.0 Å². The predicted octanol–water partition coefficient (Wildman–Crippen LogP) is 3.25. The van der Waals surface area contributed by atoms with Crippen LogP contribution in [-0.4, -0.2) is 67.6 Å². The highest BCUT2D eigenvalue weighted by Crippen LogP contribution is 2.33. The van der Waals surface area contributed by atoms with E-state index in [4.69, 9.17) is 9.47 Å². The molecule has 1 atom stereocenters. The topological polar surface area (TPSA) is 71.1 Å². The lowest BCUT2D eigenvalue weighted by Crippen LogP contribution is -2.58. The SMILES string of the molecule is COc1cccc(-c2ccc3c(c2)NC(=O)CN2CCN(C(=O)CC(C)C)C[C@@H]2CO3)c1. The molecule has 2 amide bonds. The Kier molecular flexibility index (Phi) is 6.65. The second kappa shape index (κ2) is 9.61. The Hall–Kier alpha value is -3.06. The standard InChI is InChI=1S/C25H31N3O4/c1-17(2)11-25(30)28-10-9-27-15-24(29)26-22-13-19(18-5-4-6-21(12-18)31-3)7-8-23(22)32-16-20(27)14-28/h4-8,12-13,17,20H,9-11,14-16H2,1-3H3,(H,26,29)/t20-/m1/s1. The van der Waals surface area contributed by atoms with Crippen LogP contribution in [0.5, 0.6) is 11.5 Å². The highest BCUT2D eigenvalue weighted by Gasteiger charge is 2.32. The largest absolute Gasteiger partial charge is 0.497 e. The quantitative estimate of drug-likeness (QED) is 0.795. The van der Waals surface area contributed by atoms with E-state index in [9.17, 15) is 9.59 Å². The van der Waals surface area contributed by atoms with E-state index >= 15 is 0 Å². The number of ether oxygens (including phenoxy) is 2. The van der Waals surface area contributed by atoms with Crippen molar-refractivity contribution in [2.24, 2.45) is 5.92 Å². The summed E-state index contributed by atoms with van der Waals surface area (Å²) in [6.07, 6.45) is 0.546. The van der Waals surface area contributed by atoms with Gasteiger partial charge in [0.05, 0.1) is 25.4 Å². The minimum atomic E-state index is -0.0773. The number of piperazine rings is 1. The summed E-state index contributed by atoms with van der Waals surface area (Å²) >= 11 is 0. The molecule has 2 aromatic rings. The van der Waals surface area contributed by atoms with Crippen molar-refractivity contribution in [1.82, 2.24) is 9.80 Å². The molecule has 0 aliphatic carbocycles. The van der Waals surface area contributed by atoms with Crippen LogP contribution in [0, 0.1) is 5.92 Å². The van der Waals surface area contributed by atoms with Gasteiger partial charge in [-0.25, -0.2) is 0 Å². The first-order valence-electron chi connectivity index (χ1n) is 11.2. The van der Waals surface area contributed by atoms with Gasteiger partial charge in [0.15, 0.2) is 0 Å². The van der Waals surface area contributed by atoms with E-state index in [1.165, 1.54) is 0 Å². The first kappa shape index (κ1) is 22.1. The van der Waals surface area contributed by atoms with Gasteiger partial charge in [0.1, 0.15) is 18.1 Å². The molecule has 0 spiro atoms. The summed E-state index contributed by atoms with van der Waals surface area (Å²) in [7, 11) is 1.64. The minimum absolute atomic E-state index is 0.0189. The van der Waals surface area contributed by atoms with Crippen molar-refractivity contribution in [3.63, 3.8) is 0 Å². The fourth-order valence-electron chi connectivity index (χ4n) is 4.26. The molecule has 0 unspecified atom stereocenters. The molecule has 0 saturated carbocycles. The summed E-state index contributed by atoms with van der Waals surface area (Å²) in [5.41, 5.74) is 2.62. The zero-order valence-corrected chi connectivity index (χ0v) is 19.0. The fraction of sp³-hybridized carbons (Fsp3) is 0.440. The van der Waals surface area contributed by atoms with E-state index in [-0.39, 0.29) is 24.4 Å². The van der Waals surface area contributed by atoms with Crippen molar-refractivity contribution in [1.29, 1.82) is 0 Å². The molecular weight excluding hydrogens is 406 g/mol. The van der Waals surface area contributed by atoms with Crippen LogP contribution in [0.2, 0.25) is 0 Å². The highest BCUT2D eigenvalue weighted by molar-refractivity contribution is 5.94. The molecule has 4 rings (SSSR count). The van der Waals surface area contributed by atoms with Crippen molar-refractivity contribution in [3.8, 4) is 22.6 Å². The Morgan fingerprint density at radius 2 is 2.00 bits per heavy atom. The van der Waals surface area contributed by atoms with E-state index in [0.29, 0.717) is 50.0 Å². The average molecular weight is 438 g/mol. The van der Waals surface area contributed by atoms with Crippen molar-refractivity contribution in [2.75, 3.05) is 45.2 Å². The van der Waals surface area contributed by atoms with Crippen LogP contribution in [0.25, 0.3) is 11.1 Å². The number of hydrogen-bond donors (Lipinski definition) is 1. The summed E-state index contributed by atoms with van der Waals surface area (Å²) in [5.74, 6) is 1.84. The molecule has 2 aromatic carbocycles. The van der Waals surface area contributed by atoms with Gasteiger partial charge in [0.25, 0.3) is 0 Å². The van der Waals surface area contributed by atoms with Gasteiger partial charge in [0, 0.05) is 26.1 Å². The molecule has 2 heterocycles. The van der Waals surface area contributed by atoms with Gasteiger partial charge in [-0.05, 0) is 41.3 Å². The fourth-order valence-corrected chi connectivity index (χ4v) is 4.26. The number of carbonyl (C=O) groups is 2. The molecule has 0 radical (unpaired) electrons. The number of benzene rings is 2. The molecule has 1 N–H and O–H groups in total. The molecule has 7 heteroatoms. The lowest BCUT2D eigenvalue weighted by Gasteiger charge is -2.40. The average Bonchev–Trinajstić information content (AvgIpc) is 2.84. The third-order valence-corrected chi connectivity index (χ3v) is 5.97. The molecule has 0 bridgehead atoms. The molecule has 32 heavy (non-hydrogen) atoms. The van der Waals surface area contributed by atoms with E-state index in [2.05, 4.69) is 24.1 Å². The second-order valence-electron chi connectivity index (χ2n) is 8.86. The Bertz CT molecular complexity index is 991. The Labute approximate surface area is 189 Å². The molecular formula is C25H31N3O4. The highest BCUT2D eigenvalue weighted by atomic mass is 16.5. The lowest BCUT2D eigenvalue weighted by molar-refractivity contribution is -0.135. The van der Waals surface area contributed by atoms with Crippen LogP contribution in [0.1, 0.15) is 20.3 Å². The maximum absolute atomic E-state index is 12.8. The number of methoxy groups -OCH3 is 1. The van der Waals surface area contributed by atoms with Crippen LogP contribution in [-0.2, 0) is 9.59 Å². The molecule has 1 fully saturated rings. The predicted molar refractivity (Wildman–Crippen MR) is 124 cm³/mol. The third-order valence-electron chi connectivity index (χ3n) is 5.97. The molecule has 2 aliphatic heterocycles. The van der Waals surface area contributed by atoms with E-state index in [1.807, 2.05) is 47.4 Å². The van der Waals surface area contributed by atoms with Crippen LogP contribution in [0.3, 0.4) is 0 Å². The van der Waals surface area contributed by atoms with Crippen molar-refractivity contribution >= 4 is 17.5 Å². The maximum atomic E-state index is 12.8. The smallest absolute Gasteiger partial charge is 0.238 e.